The van der Waals surface area contributed by atoms with Gasteiger partial charge < -0.3 is 25.2 Å². The summed E-state index contributed by atoms with van der Waals surface area (Å²) in [5.74, 6) is 11.6. The molecule has 10 nitrogen and oxygen atoms in total. The molecule has 0 atom stereocenters. The Kier molecular flexibility index (Phi) is 7.18. The predicted octanol–water partition coefficient (Wildman–Crippen LogP) is -0.667. The van der Waals surface area contributed by atoms with Crippen LogP contribution in [0.1, 0.15) is 29.8 Å². The molecule has 0 saturated heterocycles. The molecule has 1 aromatic heterocycles. The third kappa shape index (κ3) is 4.69. The molecule has 0 unspecified atom stereocenters. The number of rotatable bonds is 8. The van der Waals surface area contributed by atoms with Gasteiger partial charge >= 0.3 is 0 Å². The van der Waals surface area contributed by atoms with Crippen LogP contribution in [0, 0.1) is 0 Å². The number of carbonyl (C=O) groups is 2. The highest BCUT2D eigenvalue weighted by Gasteiger charge is 2.22. The normalized spacial score (nSPS) is 11.3. The Morgan fingerprint density at radius 3 is 2.58 bits per heavy atom. The van der Waals surface area contributed by atoms with Gasteiger partial charge in [0.1, 0.15) is 5.84 Å². The van der Waals surface area contributed by atoms with Crippen molar-refractivity contribution in [2.75, 3.05) is 32.6 Å². The maximum Gasteiger partial charge on any atom is 0.274 e. The zero-order chi connectivity index (χ0) is 18.3. The van der Waals surface area contributed by atoms with Gasteiger partial charge in [0.25, 0.3) is 5.91 Å². The second kappa shape index (κ2) is 8.87. The van der Waals surface area contributed by atoms with E-state index in [1.807, 2.05) is 0 Å². The molecule has 0 fully saturated rings. The number of aryl methyl sites for hydroxylation is 1. The maximum absolute atomic E-state index is 12.6. The van der Waals surface area contributed by atoms with Crippen molar-refractivity contribution in [2.45, 2.75) is 19.3 Å². The van der Waals surface area contributed by atoms with Crippen molar-refractivity contribution in [3.8, 4) is 0 Å². The first-order valence-corrected chi connectivity index (χ1v) is 7.53. The van der Waals surface area contributed by atoms with Crippen molar-refractivity contribution in [1.29, 1.82) is 0 Å². The Labute approximate surface area is 141 Å². The molecule has 0 aliphatic carbocycles. The molecule has 1 rings (SSSR count). The molecule has 0 radical (unpaired) electrons. The number of anilines is 1. The predicted molar refractivity (Wildman–Crippen MR) is 92.1 cm³/mol. The van der Waals surface area contributed by atoms with E-state index in [1.165, 1.54) is 16.2 Å². The number of amides is 2. The Balaban J connectivity index is 2.63. The lowest BCUT2D eigenvalue weighted by Gasteiger charge is -2.20. The smallest absolute Gasteiger partial charge is 0.274 e. The molecule has 0 aliphatic rings. The minimum atomic E-state index is -0.192. The lowest BCUT2D eigenvalue weighted by molar-refractivity contribution is -0.107. The van der Waals surface area contributed by atoms with Crippen LogP contribution in [0.2, 0.25) is 0 Å². The number of unbranched alkanes of at least 4 members (excludes halogenated alkanes) is 1. The molecule has 0 saturated carbocycles. The van der Waals surface area contributed by atoms with Gasteiger partial charge in [0.2, 0.25) is 6.41 Å². The minimum absolute atomic E-state index is 0.192. The Morgan fingerprint density at radius 2 is 2.04 bits per heavy atom. The largest absolute Gasteiger partial charge is 0.340 e. The maximum atomic E-state index is 12.6. The first kappa shape index (κ1) is 19.4. The molecule has 134 valence electrons. The Morgan fingerprint density at radius 1 is 1.38 bits per heavy atom. The summed E-state index contributed by atoms with van der Waals surface area (Å²) in [7, 11) is 6.67. The zero-order valence-electron chi connectivity index (χ0n) is 14.6. The van der Waals surface area contributed by atoms with Gasteiger partial charge in [-0.25, -0.2) is 10.8 Å². The van der Waals surface area contributed by atoms with Crippen molar-refractivity contribution in [3.05, 3.63) is 12.0 Å². The molecule has 0 aromatic carbocycles. The van der Waals surface area contributed by atoms with Crippen LogP contribution in [-0.4, -0.2) is 65.3 Å². The summed E-state index contributed by atoms with van der Waals surface area (Å²) >= 11 is 0. The minimum Gasteiger partial charge on any atom is -0.340 e. The van der Waals surface area contributed by atoms with E-state index in [1.54, 1.807) is 37.7 Å². The molecule has 24 heavy (non-hydrogen) atoms. The van der Waals surface area contributed by atoms with Crippen LogP contribution in [0.4, 0.5) is 5.82 Å². The molecule has 10 heteroatoms. The summed E-state index contributed by atoms with van der Waals surface area (Å²) in [6, 6.07) is 0. The van der Waals surface area contributed by atoms with E-state index in [0.717, 1.165) is 12.8 Å². The van der Waals surface area contributed by atoms with Crippen LogP contribution >= 0.6 is 0 Å². The summed E-state index contributed by atoms with van der Waals surface area (Å²) in [4.78, 5) is 30.5. The van der Waals surface area contributed by atoms with Crippen molar-refractivity contribution in [1.82, 2.24) is 19.5 Å². The van der Waals surface area contributed by atoms with Crippen molar-refractivity contribution in [3.63, 3.8) is 0 Å². The van der Waals surface area contributed by atoms with Gasteiger partial charge in [0, 0.05) is 41.2 Å². The second-order valence-corrected chi connectivity index (χ2v) is 5.58. The van der Waals surface area contributed by atoms with Crippen LogP contribution in [0.25, 0.3) is 0 Å². The van der Waals surface area contributed by atoms with Gasteiger partial charge in [-0.15, -0.1) is 0 Å². The number of amidine groups is 1. The van der Waals surface area contributed by atoms with Gasteiger partial charge in [-0.2, -0.15) is 5.10 Å². The number of aromatic nitrogens is 2. The van der Waals surface area contributed by atoms with Crippen molar-refractivity contribution in [2.24, 2.45) is 23.8 Å². The summed E-state index contributed by atoms with van der Waals surface area (Å²) in [5.41, 5.74) is 0.373. The van der Waals surface area contributed by atoms with E-state index in [-0.39, 0.29) is 5.91 Å². The summed E-state index contributed by atoms with van der Waals surface area (Å²) in [6.07, 6.45) is 4.33. The topological polar surface area (TPSA) is 126 Å². The van der Waals surface area contributed by atoms with Crippen LogP contribution < -0.4 is 16.6 Å². The molecule has 4 N–H and O–H groups in total. The highest BCUT2D eigenvalue weighted by atomic mass is 16.2. The van der Waals surface area contributed by atoms with Crippen LogP contribution in [0.5, 0.6) is 0 Å². The summed E-state index contributed by atoms with van der Waals surface area (Å²) in [6.45, 7) is 0.556. The number of nitrogens with zero attached hydrogens (tertiary/aromatic N) is 6. The van der Waals surface area contributed by atoms with E-state index < -0.39 is 0 Å². The lowest BCUT2D eigenvalue weighted by atomic mass is 10.2. The van der Waals surface area contributed by atoms with E-state index in [0.29, 0.717) is 36.7 Å². The third-order valence-electron chi connectivity index (χ3n) is 3.66. The van der Waals surface area contributed by atoms with Crippen molar-refractivity contribution >= 4 is 24.0 Å². The molecule has 2 amide bonds. The van der Waals surface area contributed by atoms with Crippen LogP contribution in [-0.2, 0) is 11.8 Å². The highest BCUT2D eigenvalue weighted by molar-refractivity contribution is 5.99. The Bertz CT molecular complexity index is 596. The average molecular weight is 338 g/mol. The molecule has 1 heterocycles. The Hall–Kier alpha value is -2.62. The van der Waals surface area contributed by atoms with Crippen molar-refractivity contribution < 1.29 is 9.59 Å². The van der Waals surface area contributed by atoms with E-state index >= 15 is 0 Å². The second-order valence-electron chi connectivity index (χ2n) is 5.58. The number of hydrogen-bond donors (Lipinski definition) is 2. The number of imidazole rings is 1. The quantitative estimate of drug-likeness (QED) is 0.162. The fourth-order valence-corrected chi connectivity index (χ4v) is 2.22. The van der Waals surface area contributed by atoms with E-state index in [4.69, 9.17) is 11.7 Å². The van der Waals surface area contributed by atoms with Crippen LogP contribution in [0.3, 0.4) is 0 Å². The van der Waals surface area contributed by atoms with Gasteiger partial charge in [-0.05, 0) is 12.8 Å². The molecule has 1 aromatic rings. The number of hydrogen-bond acceptors (Lipinski definition) is 6. The molecule has 0 spiro atoms. The third-order valence-corrected chi connectivity index (χ3v) is 3.66. The van der Waals surface area contributed by atoms with Gasteiger partial charge in [-0.3, -0.25) is 9.59 Å². The zero-order valence-corrected chi connectivity index (χ0v) is 14.6. The number of hydrazone groups is 1. The SMILES string of the molecule is CN(CCCC/C(=N/N)N(C)N)C(=O)c1c(N(C)C=O)ncn1C. The fourth-order valence-electron chi connectivity index (χ4n) is 2.22. The monoisotopic (exact) mass is 338 g/mol. The molecule has 0 bridgehead atoms. The number of nitrogens with two attached hydrogens (primary N) is 2. The van der Waals surface area contributed by atoms with Gasteiger partial charge in [0.15, 0.2) is 11.5 Å². The molecule has 0 aliphatic heterocycles. The first-order valence-electron chi connectivity index (χ1n) is 7.53. The van der Waals surface area contributed by atoms with E-state index in [9.17, 15) is 9.59 Å². The highest BCUT2D eigenvalue weighted by Crippen LogP contribution is 2.17. The lowest BCUT2D eigenvalue weighted by Crippen LogP contribution is -2.34. The summed E-state index contributed by atoms with van der Waals surface area (Å²) in [5, 5.41) is 5.00. The van der Waals surface area contributed by atoms with Gasteiger partial charge in [-0.1, -0.05) is 0 Å². The fraction of sp³-hybridized carbons (Fsp3) is 0.571. The molecular weight excluding hydrogens is 312 g/mol. The first-order chi connectivity index (χ1) is 11.3. The van der Waals surface area contributed by atoms with Crippen LogP contribution in [0.15, 0.2) is 11.4 Å². The standard InChI is InChI=1S/C14H26N8O2/c1-19(8-6-5-7-11(18-15)22(4)16)14(24)12-13(21(3)10-23)17-9-20(12)2/h9-10H,5-8,15-16H2,1-4H3/b18-11-. The molecular formula is C14H26N8O2. The number of carbonyl (C=O) groups excluding carboxylic acids is 2. The number of hydrazine groups is 1. The summed E-state index contributed by atoms with van der Waals surface area (Å²) < 4.78 is 1.61. The van der Waals surface area contributed by atoms with Gasteiger partial charge in [0.05, 0.1) is 6.33 Å². The average Bonchev–Trinajstić information content (AvgIpc) is 2.94. The van der Waals surface area contributed by atoms with E-state index in [2.05, 4.69) is 10.1 Å².